The molecule has 0 radical (unpaired) electrons. The Labute approximate surface area is 125 Å². The maximum atomic E-state index is 12.1. The van der Waals surface area contributed by atoms with Crippen LogP contribution in [-0.4, -0.2) is 11.0 Å². The lowest BCUT2D eigenvalue weighted by atomic mass is 9.87. The largest absolute Gasteiger partial charge is 0.508 e. The molecule has 2 aromatic carbocycles. The monoisotopic (exact) mass is 283 g/mol. The van der Waals surface area contributed by atoms with E-state index in [0.29, 0.717) is 12.1 Å². The van der Waals surface area contributed by atoms with E-state index in [-0.39, 0.29) is 17.1 Å². The van der Waals surface area contributed by atoms with Crippen LogP contribution in [0.4, 0.5) is 0 Å². The minimum atomic E-state index is -0.112. The molecule has 0 unspecified atom stereocenters. The van der Waals surface area contributed by atoms with Crippen LogP contribution in [0.2, 0.25) is 0 Å². The average Bonchev–Trinajstić information content (AvgIpc) is 2.44. The maximum absolute atomic E-state index is 12.1. The third-order valence-electron chi connectivity index (χ3n) is 3.38. The topological polar surface area (TPSA) is 49.3 Å². The molecule has 2 aromatic rings. The van der Waals surface area contributed by atoms with Crippen LogP contribution >= 0.6 is 0 Å². The number of rotatable bonds is 3. The highest BCUT2D eigenvalue weighted by Crippen LogP contribution is 2.22. The van der Waals surface area contributed by atoms with Crippen molar-refractivity contribution >= 4 is 5.91 Å². The van der Waals surface area contributed by atoms with Gasteiger partial charge in [-0.15, -0.1) is 0 Å². The Hall–Kier alpha value is -2.29. The summed E-state index contributed by atoms with van der Waals surface area (Å²) in [6, 6.07) is 14.5. The van der Waals surface area contributed by atoms with E-state index < -0.39 is 0 Å². The molecule has 0 aliphatic carbocycles. The van der Waals surface area contributed by atoms with Gasteiger partial charge in [0.05, 0.1) is 0 Å². The zero-order valence-corrected chi connectivity index (χ0v) is 12.7. The molecule has 3 nitrogen and oxygen atoms in total. The Morgan fingerprint density at radius 1 is 1.10 bits per heavy atom. The minimum absolute atomic E-state index is 0.0799. The lowest BCUT2D eigenvalue weighted by molar-refractivity contribution is 0.0951. The molecule has 0 aliphatic rings. The first-order valence-corrected chi connectivity index (χ1v) is 7.03. The van der Waals surface area contributed by atoms with Crippen LogP contribution in [0.1, 0.15) is 42.3 Å². The Balaban J connectivity index is 2.00. The van der Waals surface area contributed by atoms with E-state index in [1.54, 1.807) is 18.2 Å². The zero-order valence-electron chi connectivity index (χ0n) is 12.7. The quantitative estimate of drug-likeness (QED) is 0.904. The molecular formula is C18H21NO2. The van der Waals surface area contributed by atoms with E-state index >= 15 is 0 Å². The van der Waals surface area contributed by atoms with Crippen molar-refractivity contribution in [1.82, 2.24) is 5.32 Å². The molecule has 21 heavy (non-hydrogen) atoms. The van der Waals surface area contributed by atoms with Crippen molar-refractivity contribution in [2.24, 2.45) is 0 Å². The van der Waals surface area contributed by atoms with Crippen LogP contribution in [0.3, 0.4) is 0 Å². The van der Waals surface area contributed by atoms with Gasteiger partial charge in [0.15, 0.2) is 0 Å². The molecule has 0 atom stereocenters. The van der Waals surface area contributed by atoms with E-state index in [9.17, 15) is 9.90 Å². The summed E-state index contributed by atoms with van der Waals surface area (Å²) in [5.74, 6) is 0.0927. The van der Waals surface area contributed by atoms with Gasteiger partial charge in [-0.2, -0.15) is 0 Å². The molecule has 0 saturated carbocycles. The summed E-state index contributed by atoms with van der Waals surface area (Å²) >= 11 is 0. The number of nitrogens with one attached hydrogen (secondary N) is 1. The van der Waals surface area contributed by atoms with Gasteiger partial charge in [-0.25, -0.2) is 0 Å². The normalized spacial score (nSPS) is 11.2. The Bertz CT molecular complexity index is 624. The van der Waals surface area contributed by atoms with Gasteiger partial charge in [0, 0.05) is 12.1 Å². The third-order valence-corrected chi connectivity index (χ3v) is 3.38. The second-order valence-corrected chi connectivity index (χ2v) is 6.18. The maximum Gasteiger partial charge on any atom is 0.251 e. The van der Waals surface area contributed by atoms with Gasteiger partial charge in [-0.05, 0) is 40.8 Å². The van der Waals surface area contributed by atoms with Crippen LogP contribution < -0.4 is 5.32 Å². The molecule has 0 aromatic heterocycles. The van der Waals surface area contributed by atoms with E-state index in [2.05, 4.69) is 26.1 Å². The summed E-state index contributed by atoms with van der Waals surface area (Å²) in [5.41, 5.74) is 2.79. The SMILES string of the molecule is CC(C)(C)c1ccc(C(=O)NCc2cccc(O)c2)cc1. The van der Waals surface area contributed by atoms with Gasteiger partial charge in [0.25, 0.3) is 5.91 Å². The molecular weight excluding hydrogens is 262 g/mol. The Morgan fingerprint density at radius 2 is 1.76 bits per heavy atom. The van der Waals surface area contributed by atoms with E-state index in [4.69, 9.17) is 0 Å². The highest BCUT2D eigenvalue weighted by molar-refractivity contribution is 5.94. The van der Waals surface area contributed by atoms with Gasteiger partial charge >= 0.3 is 0 Å². The lowest BCUT2D eigenvalue weighted by Gasteiger charge is -2.19. The Morgan fingerprint density at radius 3 is 2.33 bits per heavy atom. The molecule has 0 heterocycles. The summed E-state index contributed by atoms with van der Waals surface area (Å²) < 4.78 is 0. The summed E-state index contributed by atoms with van der Waals surface area (Å²) in [6.45, 7) is 6.83. The zero-order chi connectivity index (χ0) is 15.5. The fourth-order valence-corrected chi connectivity index (χ4v) is 2.07. The molecule has 1 amide bonds. The molecule has 0 spiro atoms. The standard InChI is InChI=1S/C18H21NO2/c1-18(2,3)15-9-7-14(8-10-15)17(21)19-12-13-5-4-6-16(20)11-13/h4-11,20H,12H2,1-3H3,(H,19,21). The van der Waals surface area contributed by atoms with Crippen LogP contribution in [0.5, 0.6) is 5.75 Å². The third kappa shape index (κ3) is 4.09. The van der Waals surface area contributed by atoms with Crippen LogP contribution in [0, 0.1) is 0 Å². The number of hydrogen-bond donors (Lipinski definition) is 2. The first-order valence-electron chi connectivity index (χ1n) is 7.03. The van der Waals surface area contributed by atoms with Gasteiger partial charge in [0.2, 0.25) is 0 Å². The molecule has 0 fully saturated rings. The summed E-state index contributed by atoms with van der Waals surface area (Å²) in [4.78, 5) is 12.1. The van der Waals surface area contributed by atoms with Crippen LogP contribution in [0.25, 0.3) is 0 Å². The number of benzene rings is 2. The smallest absolute Gasteiger partial charge is 0.251 e. The fraction of sp³-hybridized carbons (Fsp3) is 0.278. The molecule has 2 N–H and O–H groups in total. The predicted octanol–water partition coefficient (Wildman–Crippen LogP) is 3.62. The van der Waals surface area contributed by atoms with E-state index in [1.165, 1.54) is 5.56 Å². The number of aromatic hydroxyl groups is 1. The number of hydrogen-bond acceptors (Lipinski definition) is 2. The first kappa shape index (κ1) is 15.1. The lowest BCUT2D eigenvalue weighted by Crippen LogP contribution is -2.23. The van der Waals surface area contributed by atoms with Crippen molar-refractivity contribution < 1.29 is 9.90 Å². The van der Waals surface area contributed by atoms with Crippen molar-refractivity contribution in [2.75, 3.05) is 0 Å². The molecule has 3 heteroatoms. The molecule has 0 bridgehead atoms. The molecule has 0 saturated heterocycles. The second kappa shape index (κ2) is 6.00. The highest BCUT2D eigenvalue weighted by Gasteiger charge is 2.14. The average molecular weight is 283 g/mol. The molecule has 0 aliphatic heterocycles. The molecule has 110 valence electrons. The van der Waals surface area contributed by atoms with Crippen LogP contribution in [-0.2, 0) is 12.0 Å². The fourth-order valence-electron chi connectivity index (χ4n) is 2.07. The number of phenols is 1. The van der Waals surface area contributed by atoms with Gasteiger partial charge in [-0.3, -0.25) is 4.79 Å². The summed E-state index contributed by atoms with van der Waals surface area (Å²) in [6.07, 6.45) is 0. The number of carbonyl (C=O) groups is 1. The highest BCUT2D eigenvalue weighted by atomic mass is 16.3. The van der Waals surface area contributed by atoms with Crippen LogP contribution in [0.15, 0.2) is 48.5 Å². The van der Waals surface area contributed by atoms with Gasteiger partial charge < -0.3 is 10.4 Å². The van der Waals surface area contributed by atoms with Crippen molar-refractivity contribution in [2.45, 2.75) is 32.7 Å². The first-order chi connectivity index (χ1) is 9.86. The number of carbonyl (C=O) groups excluding carboxylic acids is 1. The van der Waals surface area contributed by atoms with Crippen molar-refractivity contribution in [3.8, 4) is 5.75 Å². The Kier molecular flexibility index (Phi) is 4.32. The van der Waals surface area contributed by atoms with Gasteiger partial charge in [-0.1, -0.05) is 45.0 Å². The second-order valence-electron chi connectivity index (χ2n) is 6.18. The van der Waals surface area contributed by atoms with Crippen molar-refractivity contribution in [3.63, 3.8) is 0 Å². The van der Waals surface area contributed by atoms with Crippen molar-refractivity contribution in [1.29, 1.82) is 0 Å². The van der Waals surface area contributed by atoms with E-state index in [1.807, 2.05) is 30.3 Å². The summed E-state index contributed by atoms with van der Waals surface area (Å²) in [7, 11) is 0. The predicted molar refractivity (Wildman–Crippen MR) is 84.4 cm³/mol. The van der Waals surface area contributed by atoms with Gasteiger partial charge in [0.1, 0.15) is 5.75 Å². The van der Waals surface area contributed by atoms with E-state index in [0.717, 1.165) is 5.56 Å². The minimum Gasteiger partial charge on any atom is -0.508 e. The van der Waals surface area contributed by atoms with Crippen molar-refractivity contribution in [3.05, 3.63) is 65.2 Å². The number of amides is 1. The molecule has 2 rings (SSSR count). The number of phenolic OH excluding ortho intramolecular Hbond substituents is 1. The summed E-state index contributed by atoms with van der Waals surface area (Å²) in [5, 5.41) is 12.2.